The zero-order chi connectivity index (χ0) is 15.0. The van der Waals surface area contributed by atoms with Crippen LogP contribution in [-0.2, 0) is 20.9 Å². The summed E-state index contributed by atoms with van der Waals surface area (Å²) in [5.74, 6) is -3.70. The number of rotatable bonds is 7. The topological polar surface area (TPSA) is 113 Å². The quantitative estimate of drug-likeness (QED) is 0.689. The molecule has 0 aliphatic heterocycles. The molecule has 20 heavy (non-hydrogen) atoms. The van der Waals surface area contributed by atoms with Crippen molar-refractivity contribution in [1.82, 2.24) is 5.32 Å². The highest BCUT2D eigenvalue weighted by atomic mass is 16.5. The lowest BCUT2D eigenvalue weighted by molar-refractivity contribution is -0.148. The molecule has 1 aromatic carbocycles. The van der Waals surface area contributed by atoms with E-state index in [9.17, 15) is 14.4 Å². The first-order valence-corrected chi connectivity index (χ1v) is 5.88. The molecule has 0 unspecified atom stereocenters. The number of ether oxygens (including phenoxy) is 1. The summed E-state index contributed by atoms with van der Waals surface area (Å²) in [5, 5.41) is 19.6. The number of carbonyl (C=O) groups is 3. The van der Waals surface area contributed by atoms with Gasteiger partial charge in [0.15, 0.2) is 0 Å². The highest BCUT2D eigenvalue weighted by molar-refractivity contribution is 5.78. The first-order valence-electron chi connectivity index (χ1n) is 5.88. The molecule has 7 nitrogen and oxygen atoms in total. The van der Waals surface area contributed by atoms with Gasteiger partial charge in [0.1, 0.15) is 6.61 Å². The van der Waals surface area contributed by atoms with Gasteiger partial charge in [-0.3, -0.25) is 9.59 Å². The number of hydrogen-bond donors (Lipinski definition) is 3. The van der Waals surface area contributed by atoms with Gasteiger partial charge in [0.05, 0.1) is 12.3 Å². The van der Waals surface area contributed by atoms with E-state index in [-0.39, 0.29) is 13.2 Å². The lowest BCUT2D eigenvalue weighted by Crippen LogP contribution is -2.34. The molecule has 0 saturated carbocycles. The Balaban J connectivity index is 2.34. The Labute approximate surface area is 115 Å². The van der Waals surface area contributed by atoms with Crippen LogP contribution in [0.5, 0.6) is 0 Å². The maximum Gasteiger partial charge on any atom is 0.407 e. The SMILES string of the molecule is O=C(O)C[C@@H](CNC(=O)OCc1ccccc1)C(=O)O. The normalized spacial score (nSPS) is 11.4. The second kappa shape index (κ2) is 7.78. The summed E-state index contributed by atoms with van der Waals surface area (Å²) < 4.78 is 4.87. The molecule has 0 aliphatic carbocycles. The highest BCUT2D eigenvalue weighted by Crippen LogP contribution is 2.03. The monoisotopic (exact) mass is 281 g/mol. The summed E-state index contributed by atoms with van der Waals surface area (Å²) in [7, 11) is 0. The number of aliphatic carboxylic acids is 2. The van der Waals surface area contributed by atoms with Crippen molar-refractivity contribution >= 4 is 18.0 Å². The third-order valence-corrected chi connectivity index (χ3v) is 2.48. The van der Waals surface area contributed by atoms with Gasteiger partial charge in [0, 0.05) is 6.54 Å². The van der Waals surface area contributed by atoms with Crippen molar-refractivity contribution in [3.63, 3.8) is 0 Å². The molecule has 7 heteroatoms. The molecule has 0 aliphatic rings. The van der Waals surface area contributed by atoms with Gasteiger partial charge in [-0.2, -0.15) is 0 Å². The molecule has 0 bridgehead atoms. The van der Waals surface area contributed by atoms with E-state index in [0.29, 0.717) is 0 Å². The maximum atomic E-state index is 11.4. The molecule has 0 aromatic heterocycles. The molecule has 0 radical (unpaired) electrons. The molecule has 1 rings (SSSR count). The molecule has 1 aromatic rings. The van der Waals surface area contributed by atoms with Crippen LogP contribution in [0.4, 0.5) is 4.79 Å². The first-order chi connectivity index (χ1) is 9.49. The smallest absolute Gasteiger partial charge is 0.407 e. The number of alkyl carbamates (subject to hydrolysis) is 1. The predicted molar refractivity (Wildman–Crippen MR) is 68.0 cm³/mol. The molecule has 0 heterocycles. The average molecular weight is 281 g/mol. The van der Waals surface area contributed by atoms with E-state index in [2.05, 4.69) is 5.32 Å². The number of carboxylic acid groups (broad SMARTS) is 2. The van der Waals surface area contributed by atoms with Crippen LogP contribution in [0.3, 0.4) is 0 Å². The summed E-state index contributed by atoms with van der Waals surface area (Å²) in [5.41, 5.74) is 0.794. The van der Waals surface area contributed by atoms with Crippen LogP contribution in [-0.4, -0.2) is 34.8 Å². The maximum absolute atomic E-state index is 11.4. The van der Waals surface area contributed by atoms with Gasteiger partial charge >= 0.3 is 18.0 Å². The fraction of sp³-hybridized carbons (Fsp3) is 0.308. The predicted octanol–water partition coefficient (Wildman–Crippen LogP) is 1.09. The van der Waals surface area contributed by atoms with E-state index < -0.39 is 30.4 Å². The molecule has 1 atom stereocenters. The minimum atomic E-state index is -1.28. The van der Waals surface area contributed by atoms with Crippen molar-refractivity contribution in [2.24, 2.45) is 5.92 Å². The lowest BCUT2D eigenvalue weighted by atomic mass is 10.1. The molecular weight excluding hydrogens is 266 g/mol. The van der Waals surface area contributed by atoms with Gasteiger partial charge in [-0.25, -0.2) is 4.79 Å². The van der Waals surface area contributed by atoms with E-state index >= 15 is 0 Å². The van der Waals surface area contributed by atoms with Crippen LogP contribution in [0.2, 0.25) is 0 Å². The minimum absolute atomic E-state index is 0.0589. The molecule has 0 saturated heterocycles. The Morgan fingerprint density at radius 2 is 1.80 bits per heavy atom. The number of hydrogen-bond acceptors (Lipinski definition) is 4. The zero-order valence-corrected chi connectivity index (χ0v) is 10.6. The van der Waals surface area contributed by atoms with Crippen LogP contribution in [0.1, 0.15) is 12.0 Å². The zero-order valence-electron chi connectivity index (χ0n) is 10.6. The molecule has 1 amide bonds. The Hall–Kier alpha value is -2.57. The largest absolute Gasteiger partial charge is 0.481 e. The van der Waals surface area contributed by atoms with Crippen LogP contribution in [0, 0.1) is 5.92 Å². The Morgan fingerprint density at radius 1 is 1.15 bits per heavy atom. The van der Waals surface area contributed by atoms with Crippen LogP contribution >= 0.6 is 0 Å². The van der Waals surface area contributed by atoms with E-state index in [1.54, 1.807) is 24.3 Å². The number of amides is 1. The third-order valence-electron chi connectivity index (χ3n) is 2.48. The summed E-state index contributed by atoms with van der Waals surface area (Å²) in [6.45, 7) is -0.238. The summed E-state index contributed by atoms with van der Waals surface area (Å²) in [6, 6.07) is 8.97. The number of carboxylic acids is 2. The van der Waals surface area contributed by atoms with Crippen molar-refractivity contribution in [1.29, 1.82) is 0 Å². The van der Waals surface area contributed by atoms with E-state index in [0.717, 1.165) is 5.56 Å². The Bertz CT molecular complexity index is 473. The van der Waals surface area contributed by atoms with Crippen LogP contribution < -0.4 is 5.32 Å². The molecule has 108 valence electrons. The van der Waals surface area contributed by atoms with E-state index in [1.165, 1.54) is 0 Å². The second-order valence-electron chi connectivity index (χ2n) is 4.08. The first kappa shape index (κ1) is 15.5. The summed E-state index contributed by atoms with van der Waals surface area (Å²) >= 11 is 0. The Kier molecular flexibility index (Phi) is 6.02. The number of benzene rings is 1. The van der Waals surface area contributed by atoms with Crippen molar-refractivity contribution < 1.29 is 29.3 Å². The van der Waals surface area contributed by atoms with Crippen molar-refractivity contribution in [3.05, 3.63) is 35.9 Å². The number of carbonyl (C=O) groups excluding carboxylic acids is 1. The van der Waals surface area contributed by atoms with Gasteiger partial charge in [-0.15, -0.1) is 0 Å². The van der Waals surface area contributed by atoms with E-state index in [1.807, 2.05) is 6.07 Å². The molecular formula is C13H15NO6. The fourth-order valence-electron chi connectivity index (χ4n) is 1.44. The highest BCUT2D eigenvalue weighted by Gasteiger charge is 2.21. The van der Waals surface area contributed by atoms with Crippen molar-refractivity contribution in [2.75, 3.05) is 6.54 Å². The van der Waals surface area contributed by atoms with Gasteiger partial charge in [0.25, 0.3) is 0 Å². The molecule has 0 fully saturated rings. The summed E-state index contributed by atoms with van der Waals surface area (Å²) in [4.78, 5) is 32.6. The third kappa shape index (κ3) is 5.85. The summed E-state index contributed by atoms with van der Waals surface area (Å²) in [6.07, 6.45) is -1.35. The minimum Gasteiger partial charge on any atom is -0.481 e. The second-order valence-corrected chi connectivity index (χ2v) is 4.08. The average Bonchev–Trinajstić information content (AvgIpc) is 2.41. The van der Waals surface area contributed by atoms with Crippen molar-refractivity contribution in [3.8, 4) is 0 Å². The van der Waals surface area contributed by atoms with Gasteiger partial charge in [-0.1, -0.05) is 30.3 Å². The molecule has 0 spiro atoms. The van der Waals surface area contributed by atoms with Crippen molar-refractivity contribution in [2.45, 2.75) is 13.0 Å². The Morgan fingerprint density at radius 3 is 2.35 bits per heavy atom. The van der Waals surface area contributed by atoms with Gasteiger partial charge in [-0.05, 0) is 5.56 Å². The van der Waals surface area contributed by atoms with Crippen LogP contribution in [0.15, 0.2) is 30.3 Å². The fourth-order valence-corrected chi connectivity index (χ4v) is 1.44. The lowest BCUT2D eigenvalue weighted by Gasteiger charge is -2.11. The van der Waals surface area contributed by atoms with Gasteiger partial charge < -0.3 is 20.3 Å². The van der Waals surface area contributed by atoms with E-state index in [4.69, 9.17) is 14.9 Å². The van der Waals surface area contributed by atoms with Gasteiger partial charge in [0.2, 0.25) is 0 Å². The number of nitrogens with one attached hydrogen (secondary N) is 1. The standard InChI is InChI=1S/C13H15NO6/c15-11(16)6-10(12(17)18)7-14-13(19)20-8-9-4-2-1-3-5-9/h1-5,10H,6-8H2,(H,14,19)(H,15,16)(H,17,18)/t10-/m0/s1. The van der Waals surface area contributed by atoms with Crippen LogP contribution in [0.25, 0.3) is 0 Å². The molecule has 3 N–H and O–H groups in total.